The van der Waals surface area contributed by atoms with Crippen molar-refractivity contribution in [3.8, 4) is 5.75 Å². The maximum absolute atomic E-state index is 12.8. The maximum Gasteiger partial charge on any atom is 0.393 e. The van der Waals surface area contributed by atoms with Crippen LogP contribution in [0.15, 0.2) is 18.2 Å². The van der Waals surface area contributed by atoms with Crippen LogP contribution in [-0.2, 0) is 0 Å². The van der Waals surface area contributed by atoms with Gasteiger partial charge in [-0.25, -0.2) is 0 Å². The molecule has 2 rings (SSSR count). The Morgan fingerprint density at radius 3 is 2.65 bits per heavy atom. The van der Waals surface area contributed by atoms with E-state index in [-0.39, 0.29) is 24.8 Å². The Labute approximate surface area is 116 Å². The van der Waals surface area contributed by atoms with Crippen LogP contribution in [0, 0.1) is 5.92 Å². The van der Waals surface area contributed by atoms with E-state index in [0.29, 0.717) is 24.2 Å². The first-order chi connectivity index (χ1) is 9.29. The first-order valence-corrected chi connectivity index (χ1v) is 6.69. The number of nitrogens with two attached hydrogens (primary N) is 1. The SMILES string of the molecule is CC(N)c1ccc(N2CCCC(C(F)(F)F)C2)cc1O. The van der Waals surface area contributed by atoms with Gasteiger partial charge in [-0.15, -0.1) is 0 Å². The lowest BCUT2D eigenvalue weighted by atomic mass is 9.96. The van der Waals surface area contributed by atoms with Crippen molar-refractivity contribution in [2.75, 3.05) is 18.0 Å². The fraction of sp³-hybridized carbons (Fsp3) is 0.571. The number of anilines is 1. The summed E-state index contributed by atoms with van der Waals surface area (Å²) in [5, 5.41) is 9.89. The largest absolute Gasteiger partial charge is 0.508 e. The zero-order chi connectivity index (χ0) is 14.9. The molecular weight excluding hydrogens is 269 g/mol. The van der Waals surface area contributed by atoms with E-state index in [2.05, 4.69) is 0 Å². The average Bonchev–Trinajstić information content (AvgIpc) is 2.37. The molecule has 1 aromatic carbocycles. The molecule has 1 aliphatic heterocycles. The second kappa shape index (κ2) is 5.52. The predicted octanol–water partition coefficient (Wildman–Crippen LogP) is 3.19. The number of aromatic hydroxyl groups is 1. The second-order valence-corrected chi connectivity index (χ2v) is 5.36. The van der Waals surface area contributed by atoms with Crippen LogP contribution in [0.1, 0.15) is 31.4 Å². The minimum Gasteiger partial charge on any atom is -0.508 e. The van der Waals surface area contributed by atoms with Gasteiger partial charge in [-0.3, -0.25) is 0 Å². The first kappa shape index (κ1) is 15.0. The summed E-state index contributed by atoms with van der Waals surface area (Å²) in [6, 6.07) is 4.58. The molecule has 3 N–H and O–H groups in total. The van der Waals surface area contributed by atoms with Crippen LogP contribution < -0.4 is 10.6 Å². The van der Waals surface area contributed by atoms with Gasteiger partial charge in [-0.2, -0.15) is 13.2 Å². The summed E-state index contributed by atoms with van der Waals surface area (Å²) in [5.74, 6) is -1.27. The molecule has 0 radical (unpaired) electrons. The normalized spacial score (nSPS) is 21.9. The molecule has 0 aliphatic carbocycles. The summed E-state index contributed by atoms with van der Waals surface area (Å²) in [6.07, 6.45) is -3.49. The third-order valence-electron chi connectivity index (χ3n) is 3.75. The third-order valence-corrected chi connectivity index (χ3v) is 3.75. The van der Waals surface area contributed by atoms with Crippen molar-refractivity contribution in [3.05, 3.63) is 23.8 Å². The van der Waals surface area contributed by atoms with Gasteiger partial charge in [0, 0.05) is 36.4 Å². The molecule has 20 heavy (non-hydrogen) atoms. The van der Waals surface area contributed by atoms with Crippen molar-refractivity contribution >= 4 is 5.69 Å². The average molecular weight is 288 g/mol. The molecular formula is C14H19F3N2O. The molecule has 2 unspecified atom stereocenters. The molecule has 0 spiro atoms. The Morgan fingerprint density at radius 1 is 1.40 bits per heavy atom. The number of hydrogen-bond acceptors (Lipinski definition) is 3. The van der Waals surface area contributed by atoms with Crippen LogP contribution >= 0.6 is 0 Å². The number of halogens is 3. The van der Waals surface area contributed by atoms with Crippen LogP contribution in [0.25, 0.3) is 0 Å². The fourth-order valence-corrected chi connectivity index (χ4v) is 2.59. The molecule has 0 amide bonds. The number of phenolic OH excluding ortho intramolecular Hbond substituents is 1. The number of benzene rings is 1. The van der Waals surface area contributed by atoms with Gasteiger partial charge in [0.05, 0.1) is 5.92 Å². The summed E-state index contributed by atoms with van der Waals surface area (Å²) in [5.41, 5.74) is 6.91. The van der Waals surface area contributed by atoms with Gasteiger partial charge in [0.1, 0.15) is 5.75 Å². The number of phenols is 1. The van der Waals surface area contributed by atoms with E-state index in [1.807, 2.05) is 0 Å². The molecule has 6 heteroatoms. The molecule has 0 aromatic heterocycles. The van der Waals surface area contributed by atoms with Crippen LogP contribution in [0.4, 0.5) is 18.9 Å². The smallest absolute Gasteiger partial charge is 0.393 e. The van der Waals surface area contributed by atoms with Crippen LogP contribution in [-0.4, -0.2) is 24.4 Å². The lowest BCUT2D eigenvalue weighted by Crippen LogP contribution is -2.41. The summed E-state index contributed by atoms with van der Waals surface area (Å²) < 4.78 is 38.4. The van der Waals surface area contributed by atoms with Gasteiger partial charge in [-0.05, 0) is 25.8 Å². The van der Waals surface area contributed by atoms with Crippen LogP contribution in [0.5, 0.6) is 5.75 Å². The van der Waals surface area contributed by atoms with Gasteiger partial charge in [0.2, 0.25) is 0 Å². The van der Waals surface area contributed by atoms with Crippen molar-refractivity contribution in [3.63, 3.8) is 0 Å². The topological polar surface area (TPSA) is 49.5 Å². The van der Waals surface area contributed by atoms with Crippen molar-refractivity contribution in [2.45, 2.75) is 32.0 Å². The molecule has 0 bridgehead atoms. The summed E-state index contributed by atoms with van der Waals surface area (Å²) in [6.45, 7) is 2.26. The Morgan fingerprint density at radius 2 is 2.10 bits per heavy atom. The van der Waals surface area contributed by atoms with Gasteiger partial charge in [0.25, 0.3) is 0 Å². The summed E-state index contributed by atoms with van der Waals surface area (Å²) in [7, 11) is 0. The Kier molecular flexibility index (Phi) is 4.13. The number of nitrogens with zero attached hydrogens (tertiary/aromatic N) is 1. The lowest BCUT2D eigenvalue weighted by molar-refractivity contribution is -0.175. The number of piperidine rings is 1. The zero-order valence-corrected chi connectivity index (χ0v) is 11.3. The molecule has 0 saturated carbocycles. The van der Waals surface area contributed by atoms with Gasteiger partial charge in [-0.1, -0.05) is 6.07 Å². The third kappa shape index (κ3) is 3.17. The van der Waals surface area contributed by atoms with Gasteiger partial charge in [0.15, 0.2) is 0 Å². The number of hydrogen-bond donors (Lipinski definition) is 2. The summed E-state index contributed by atoms with van der Waals surface area (Å²) in [4.78, 5) is 1.67. The number of alkyl halides is 3. The standard InChI is InChI=1S/C14H19F3N2O/c1-9(18)12-5-4-11(7-13(12)20)19-6-2-3-10(8-19)14(15,16)17/h4-5,7,9-10,20H,2-3,6,8,18H2,1H3. The zero-order valence-electron chi connectivity index (χ0n) is 11.3. The lowest BCUT2D eigenvalue weighted by Gasteiger charge is -2.35. The Balaban J connectivity index is 2.17. The van der Waals surface area contributed by atoms with E-state index >= 15 is 0 Å². The number of rotatable bonds is 2. The van der Waals surface area contributed by atoms with E-state index in [9.17, 15) is 18.3 Å². The van der Waals surface area contributed by atoms with Gasteiger partial charge >= 0.3 is 6.18 Å². The van der Waals surface area contributed by atoms with Crippen molar-refractivity contribution < 1.29 is 18.3 Å². The Hall–Kier alpha value is -1.43. The predicted molar refractivity (Wildman–Crippen MR) is 71.7 cm³/mol. The first-order valence-electron chi connectivity index (χ1n) is 6.69. The minimum atomic E-state index is -4.16. The molecule has 112 valence electrons. The summed E-state index contributed by atoms with van der Waals surface area (Å²) >= 11 is 0. The van der Waals surface area contributed by atoms with Crippen molar-refractivity contribution in [2.24, 2.45) is 11.7 Å². The molecule has 1 aliphatic rings. The monoisotopic (exact) mass is 288 g/mol. The van der Waals surface area contributed by atoms with Gasteiger partial charge < -0.3 is 15.7 Å². The highest BCUT2D eigenvalue weighted by molar-refractivity contribution is 5.54. The molecule has 2 atom stereocenters. The molecule has 3 nitrogen and oxygen atoms in total. The second-order valence-electron chi connectivity index (χ2n) is 5.36. The van der Waals surface area contributed by atoms with E-state index in [4.69, 9.17) is 5.73 Å². The minimum absolute atomic E-state index is 0.0339. The fourth-order valence-electron chi connectivity index (χ4n) is 2.59. The van der Waals surface area contributed by atoms with Crippen LogP contribution in [0.3, 0.4) is 0 Å². The maximum atomic E-state index is 12.8. The van der Waals surface area contributed by atoms with E-state index in [1.165, 1.54) is 6.07 Å². The Bertz CT molecular complexity index is 474. The molecule has 1 saturated heterocycles. The molecule has 1 heterocycles. The van der Waals surface area contributed by atoms with Crippen LogP contribution in [0.2, 0.25) is 0 Å². The highest BCUT2D eigenvalue weighted by atomic mass is 19.4. The van der Waals surface area contributed by atoms with Crippen molar-refractivity contribution in [1.82, 2.24) is 0 Å². The molecule has 1 fully saturated rings. The van der Waals surface area contributed by atoms with E-state index in [1.54, 1.807) is 24.0 Å². The quantitative estimate of drug-likeness (QED) is 0.878. The van der Waals surface area contributed by atoms with E-state index < -0.39 is 12.1 Å². The van der Waals surface area contributed by atoms with Crippen molar-refractivity contribution in [1.29, 1.82) is 0 Å². The van der Waals surface area contributed by atoms with E-state index in [0.717, 1.165) is 0 Å². The highest BCUT2D eigenvalue weighted by Gasteiger charge is 2.41. The highest BCUT2D eigenvalue weighted by Crippen LogP contribution is 2.36. The molecule has 1 aromatic rings.